The number of hydrogen-bond donors (Lipinski definition) is 1. The molecule has 0 bridgehead atoms. The van der Waals surface area contributed by atoms with Crippen molar-refractivity contribution < 1.29 is 17.9 Å². The minimum atomic E-state index is -2.84. The van der Waals surface area contributed by atoms with Crippen LogP contribution in [-0.4, -0.2) is 40.2 Å². The van der Waals surface area contributed by atoms with Crippen LogP contribution in [0.25, 0.3) is 0 Å². The van der Waals surface area contributed by atoms with Crippen molar-refractivity contribution in [2.75, 3.05) is 25.7 Å². The van der Waals surface area contributed by atoms with Gasteiger partial charge in [-0.15, -0.1) is 0 Å². The minimum absolute atomic E-state index is 0.0387. The summed E-state index contributed by atoms with van der Waals surface area (Å²) in [6.07, 6.45) is 0.681. The zero-order valence-electron chi connectivity index (χ0n) is 11.2. The first-order chi connectivity index (χ1) is 9.04. The molecule has 1 fully saturated rings. The highest BCUT2D eigenvalue weighted by Gasteiger charge is 2.27. The van der Waals surface area contributed by atoms with Gasteiger partial charge in [0.25, 0.3) is 0 Å². The van der Waals surface area contributed by atoms with Crippen LogP contribution in [0.2, 0.25) is 0 Å². The van der Waals surface area contributed by atoms with Crippen molar-refractivity contribution in [1.29, 1.82) is 0 Å². The average molecular weight is 285 g/mol. The Labute approximate surface area is 113 Å². The van der Waals surface area contributed by atoms with E-state index in [1.165, 1.54) is 0 Å². The number of methoxy groups -OCH3 is 2. The van der Waals surface area contributed by atoms with Gasteiger partial charge in [0.15, 0.2) is 9.84 Å². The molecule has 6 heteroatoms. The normalized spacial score (nSPS) is 21.3. The fraction of sp³-hybridized carbons (Fsp3) is 0.538. The second-order valence-corrected chi connectivity index (χ2v) is 6.89. The van der Waals surface area contributed by atoms with Gasteiger partial charge < -0.3 is 14.8 Å². The van der Waals surface area contributed by atoms with Crippen LogP contribution in [0.3, 0.4) is 0 Å². The van der Waals surface area contributed by atoms with Gasteiger partial charge in [0.05, 0.1) is 25.7 Å². The van der Waals surface area contributed by atoms with E-state index >= 15 is 0 Å². The summed E-state index contributed by atoms with van der Waals surface area (Å²) in [6, 6.07) is 5.65. The number of sulfone groups is 1. The Morgan fingerprint density at radius 3 is 2.68 bits per heavy atom. The molecule has 1 atom stereocenters. The largest absolute Gasteiger partial charge is 0.497 e. The van der Waals surface area contributed by atoms with E-state index in [0.717, 1.165) is 17.1 Å². The Balaban J connectivity index is 2.00. The predicted molar refractivity (Wildman–Crippen MR) is 73.4 cm³/mol. The maximum absolute atomic E-state index is 11.4. The molecular formula is C13H19NO4S. The first-order valence-corrected chi connectivity index (χ1v) is 8.01. The lowest BCUT2D eigenvalue weighted by Crippen LogP contribution is -2.29. The molecule has 1 aromatic rings. The number of nitrogens with one attached hydrogen (secondary N) is 1. The van der Waals surface area contributed by atoms with E-state index < -0.39 is 9.84 Å². The summed E-state index contributed by atoms with van der Waals surface area (Å²) in [5.74, 6) is 1.99. The Morgan fingerprint density at radius 2 is 2.11 bits per heavy atom. The fourth-order valence-corrected chi connectivity index (χ4v) is 3.92. The first-order valence-electron chi connectivity index (χ1n) is 6.19. The molecule has 1 saturated heterocycles. The molecule has 0 spiro atoms. The average Bonchev–Trinajstić information content (AvgIpc) is 2.75. The van der Waals surface area contributed by atoms with Crippen molar-refractivity contribution in [3.8, 4) is 11.5 Å². The van der Waals surface area contributed by atoms with E-state index in [-0.39, 0.29) is 17.5 Å². The highest BCUT2D eigenvalue weighted by Crippen LogP contribution is 2.24. The van der Waals surface area contributed by atoms with Gasteiger partial charge in [-0.25, -0.2) is 8.42 Å². The third-order valence-electron chi connectivity index (χ3n) is 3.31. The summed E-state index contributed by atoms with van der Waals surface area (Å²) in [4.78, 5) is 0. The second kappa shape index (κ2) is 5.79. The van der Waals surface area contributed by atoms with Gasteiger partial charge in [0.1, 0.15) is 11.5 Å². The van der Waals surface area contributed by atoms with Crippen LogP contribution in [0, 0.1) is 0 Å². The second-order valence-electron chi connectivity index (χ2n) is 4.66. The molecule has 1 aromatic carbocycles. The van der Waals surface area contributed by atoms with E-state index in [9.17, 15) is 8.42 Å². The monoisotopic (exact) mass is 285 g/mol. The van der Waals surface area contributed by atoms with Crippen molar-refractivity contribution in [3.63, 3.8) is 0 Å². The summed E-state index contributed by atoms with van der Waals surface area (Å²) in [5, 5.41) is 3.27. The SMILES string of the molecule is COc1ccc(CNC2CCS(=O)(=O)C2)c(OC)c1. The summed E-state index contributed by atoms with van der Waals surface area (Å²) >= 11 is 0. The molecule has 1 unspecified atom stereocenters. The molecule has 106 valence electrons. The quantitative estimate of drug-likeness (QED) is 0.873. The van der Waals surface area contributed by atoms with Crippen LogP contribution in [0.5, 0.6) is 11.5 Å². The van der Waals surface area contributed by atoms with Crippen molar-refractivity contribution in [2.45, 2.75) is 19.0 Å². The zero-order valence-corrected chi connectivity index (χ0v) is 12.0. The molecule has 2 rings (SSSR count). The van der Waals surface area contributed by atoms with Gasteiger partial charge in [0.2, 0.25) is 0 Å². The maximum Gasteiger partial charge on any atom is 0.151 e. The van der Waals surface area contributed by atoms with E-state index in [0.29, 0.717) is 13.0 Å². The van der Waals surface area contributed by atoms with Crippen LogP contribution in [0.4, 0.5) is 0 Å². The van der Waals surface area contributed by atoms with E-state index in [4.69, 9.17) is 9.47 Å². The molecule has 1 aliphatic rings. The molecular weight excluding hydrogens is 266 g/mol. The number of benzene rings is 1. The highest BCUT2D eigenvalue weighted by atomic mass is 32.2. The summed E-state index contributed by atoms with van der Waals surface area (Å²) in [6.45, 7) is 0.591. The minimum Gasteiger partial charge on any atom is -0.497 e. The molecule has 0 radical (unpaired) electrons. The highest BCUT2D eigenvalue weighted by molar-refractivity contribution is 7.91. The van der Waals surface area contributed by atoms with Crippen molar-refractivity contribution >= 4 is 9.84 Å². The predicted octanol–water partition coefficient (Wildman–Crippen LogP) is 0.980. The van der Waals surface area contributed by atoms with Crippen molar-refractivity contribution in [3.05, 3.63) is 23.8 Å². The lowest BCUT2D eigenvalue weighted by atomic mass is 10.1. The summed E-state index contributed by atoms with van der Waals surface area (Å²) in [5.41, 5.74) is 0.993. The van der Waals surface area contributed by atoms with Gasteiger partial charge in [-0.05, 0) is 12.5 Å². The molecule has 0 saturated carbocycles. The van der Waals surface area contributed by atoms with Gasteiger partial charge in [-0.2, -0.15) is 0 Å². The van der Waals surface area contributed by atoms with Gasteiger partial charge in [-0.1, -0.05) is 6.07 Å². The molecule has 1 heterocycles. The van der Waals surface area contributed by atoms with Crippen molar-refractivity contribution in [1.82, 2.24) is 5.32 Å². The maximum atomic E-state index is 11.4. The number of ether oxygens (including phenoxy) is 2. The number of rotatable bonds is 5. The van der Waals surface area contributed by atoms with Crippen LogP contribution < -0.4 is 14.8 Å². The van der Waals surface area contributed by atoms with Gasteiger partial charge in [0, 0.05) is 24.2 Å². The molecule has 5 nitrogen and oxygen atoms in total. The lowest BCUT2D eigenvalue weighted by molar-refractivity contribution is 0.389. The molecule has 0 amide bonds. The molecule has 0 aliphatic carbocycles. The zero-order chi connectivity index (χ0) is 13.9. The Bertz CT molecular complexity index is 542. The molecule has 1 aliphatic heterocycles. The molecule has 19 heavy (non-hydrogen) atoms. The smallest absolute Gasteiger partial charge is 0.151 e. The third-order valence-corrected chi connectivity index (χ3v) is 5.08. The van der Waals surface area contributed by atoms with E-state index in [2.05, 4.69) is 5.32 Å². The molecule has 0 aromatic heterocycles. The summed E-state index contributed by atoms with van der Waals surface area (Å²) < 4.78 is 33.2. The van der Waals surface area contributed by atoms with E-state index in [1.807, 2.05) is 18.2 Å². The van der Waals surface area contributed by atoms with E-state index in [1.54, 1.807) is 14.2 Å². The Kier molecular flexibility index (Phi) is 4.31. The third kappa shape index (κ3) is 3.61. The topological polar surface area (TPSA) is 64.6 Å². The standard InChI is InChI=1S/C13H19NO4S/c1-17-12-4-3-10(13(7-12)18-2)8-14-11-5-6-19(15,16)9-11/h3-4,7,11,14H,5-6,8-9H2,1-2H3. The molecule has 1 N–H and O–H groups in total. The van der Waals surface area contributed by atoms with Gasteiger partial charge in [-0.3, -0.25) is 0 Å². The van der Waals surface area contributed by atoms with Crippen LogP contribution in [-0.2, 0) is 16.4 Å². The Morgan fingerprint density at radius 1 is 1.32 bits per heavy atom. The number of hydrogen-bond acceptors (Lipinski definition) is 5. The first kappa shape index (κ1) is 14.1. The lowest BCUT2D eigenvalue weighted by Gasteiger charge is -2.14. The Hall–Kier alpha value is -1.27. The fourth-order valence-electron chi connectivity index (χ4n) is 2.21. The van der Waals surface area contributed by atoms with Crippen LogP contribution in [0.15, 0.2) is 18.2 Å². The van der Waals surface area contributed by atoms with Crippen LogP contribution in [0.1, 0.15) is 12.0 Å². The van der Waals surface area contributed by atoms with Crippen molar-refractivity contribution in [2.24, 2.45) is 0 Å². The van der Waals surface area contributed by atoms with Crippen LogP contribution >= 0.6 is 0 Å². The van der Waals surface area contributed by atoms with Gasteiger partial charge >= 0.3 is 0 Å². The summed E-state index contributed by atoms with van der Waals surface area (Å²) in [7, 11) is 0.377.